The minimum Gasteiger partial charge on any atom is -0.496 e. The number of methoxy groups -OCH3 is 1. The number of aromatic nitrogens is 3. The van der Waals surface area contributed by atoms with Gasteiger partial charge in [0.25, 0.3) is 0 Å². The van der Waals surface area contributed by atoms with Gasteiger partial charge in [0.1, 0.15) is 12.1 Å². The first-order chi connectivity index (χ1) is 13.7. The second-order valence-corrected chi connectivity index (χ2v) is 7.74. The Morgan fingerprint density at radius 2 is 2.07 bits per heavy atom. The number of ether oxygens (including phenoxy) is 1. The molecular formula is C19H13N5O2S2. The van der Waals surface area contributed by atoms with Gasteiger partial charge in [-0.1, -0.05) is 0 Å². The molecule has 138 valence electrons. The molecule has 1 unspecified atom stereocenters. The Hall–Kier alpha value is -3.35. The summed E-state index contributed by atoms with van der Waals surface area (Å²) in [5.74, 6) is 0.553. The normalized spacial score (nSPS) is 11.7. The van der Waals surface area contributed by atoms with Crippen molar-refractivity contribution in [2.45, 2.75) is 4.90 Å². The van der Waals surface area contributed by atoms with Crippen molar-refractivity contribution in [2.24, 2.45) is 0 Å². The first-order valence-corrected chi connectivity index (χ1v) is 10.1. The number of nitrogens with one attached hydrogen (secondary N) is 1. The fourth-order valence-corrected chi connectivity index (χ4v) is 4.27. The Morgan fingerprint density at radius 1 is 1.18 bits per heavy atom. The summed E-state index contributed by atoms with van der Waals surface area (Å²) in [6, 6.07) is 12.6. The van der Waals surface area contributed by atoms with Crippen LogP contribution in [0.5, 0.6) is 5.75 Å². The van der Waals surface area contributed by atoms with E-state index in [-0.39, 0.29) is 0 Å². The lowest BCUT2D eigenvalue weighted by atomic mass is 10.0. The third-order valence-corrected chi connectivity index (χ3v) is 5.90. The number of fused-ring (bicyclic) bond motifs is 1. The zero-order valence-corrected chi connectivity index (χ0v) is 16.3. The van der Waals surface area contributed by atoms with Crippen molar-refractivity contribution in [3.8, 4) is 23.1 Å². The second-order valence-electron chi connectivity index (χ2n) is 5.64. The maximum atomic E-state index is 12.6. The van der Waals surface area contributed by atoms with Crippen molar-refractivity contribution in [2.75, 3.05) is 11.8 Å². The van der Waals surface area contributed by atoms with Crippen LogP contribution in [0, 0.1) is 11.3 Å². The molecule has 4 rings (SSSR count). The Labute approximate surface area is 167 Å². The summed E-state index contributed by atoms with van der Waals surface area (Å²) in [7, 11) is 0.0970. The van der Waals surface area contributed by atoms with E-state index < -0.39 is 11.0 Å². The van der Waals surface area contributed by atoms with Gasteiger partial charge in [-0.05, 0) is 36.4 Å². The molecule has 0 spiro atoms. The van der Waals surface area contributed by atoms with E-state index >= 15 is 0 Å². The molecule has 0 radical (unpaired) electrons. The SMILES string of the molecule is COc1cc(C#N)ccc1-c1ncnc2cc(S(=O)Nc3nccs3)ccc12. The monoisotopic (exact) mass is 407 g/mol. The van der Waals surface area contributed by atoms with Crippen LogP contribution < -0.4 is 9.46 Å². The highest BCUT2D eigenvalue weighted by molar-refractivity contribution is 7.86. The number of nitriles is 1. The maximum absolute atomic E-state index is 12.6. The molecule has 9 heteroatoms. The average molecular weight is 407 g/mol. The van der Waals surface area contributed by atoms with E-state index in [0.717, 1.165) is 10.9 Å². The molecule has 1 atom stereocenters. The van der Waals surface area contributed by atoms with Crippen LogP contribution >= 0.6 is 11.3 Å². The molecule has 4 aromatic rings. The van der Waals surface area contributed by atoms with Crippen LogP contribution in [0.4, 0.5) is 5.13 Å². The van der Waals surface area contributed by atoms with Crippen LogP contribution in [0.1, 0.15) is 5.56 Å². The third-order valence-electron chi connectivity index (χ3n) is 4.02. The smallest absolute Gasteiger partial charge is 0.194 e. The molecule has 28 heavy (non-hydrogen) atoms. The van der Waals surface area contributed by atoms with Gasteiger partial charge in [-0.25, -0.2) is 19.2 Å². The molecule has 1 N–H and O–H groups in total. The maximum Gasteiger partial charge on any atom is 0.194 e. The largest absolute Gasteiger partial charge is 0.496 e. The third kappa shape index (κ3) is 3.43. The van der Waals surface area contributed by atoms with Crippen LogP contribution in [-0.2, 0) is 11.0 Å². The van der Waals surface area contributed by atoms with E-state index in [4.69, 9.17) is 10.00 Å². The second kappa shape index (κ2) is 7.72. The number of benzene rings is 2. The van der Waals surface area contributed by atoms with Gasteiger partial charge in [-0.3, -0.25) is 4.72 Å². The molecule has 2 aromatic carbocycles. The summed E-state index contributed by atoms with van der Waals surface area (Å²) in [6.07, 6.45) is 3.10. The fourth-order valence-electron chi connectivity index (χ4n) is 2.74. The van der Waals surface area contributed by atoms with Crippen molar-refractivity contribution in [1.29, 1.82) is 5.26 Å². The van der Waals surface area contributed by atoms with Gasteiger partial charge in [0, 0.05) is 22.5 Å². The molecule has 0 fully saturated rings. The van der Waals surface area contributed by atoms with Crippen molar-refractivity contribution >= 4 is 38.4 Å². The number of anilines is 1. The molecule has 7 nitrogen and oxygen atoms in total. The highest BCUT2D eigenvalue weighted by Crippen LogP contribution is 2.34. The lowest BCUT2D eigenvalue weighted by molar-refractivity contribution is 0.416. The quantitative estimate of drug-likeness (QED) is 0.540. The number of thiazole rings is 1. The highest BCUT2D eigenvalue weighted by Gasteiger charge is 2.14. The van der Waals surface area contributed by atoms with Gasteiger partial charge in [0.15, 0.2) is 16.1 Å². The molecule has 0 saturated heterocycles. The highest BCUT2D eigenvalue weighted by atomic mass is 32.2. The van der Waals surface area contributed by atoms with Crippen LogP contribution in [0.2, 0.25) is 0 Å². The molecule has 0 bridgehead atoms. The lowest BCUT2D eigenvalue weighted by Crippen LogP contribution is -2.04. The van der Waals surface area contributed by atoms with Gasteiger partial charge in [-0.2, -0.15) is 5.26 Å². The number of nitrogens with zero attached hydrogens (tertiary/aromatic N) is 4. The lowest BCUT2D eigenvalue weighted by Gasteiger charge is -2.11. The van der Waals surface area contributed by atoms with E-state index in [1.54, 1.807) is 43.6 Å². The van der Waals surface area contributed by atoms with Crippen molar-refractivity contribution < 1.29 is 8.95 Å². The van der Waals surface area contributed by atoms with E-state index in [1.165, 1.54) is 17.7 Å². The molecule has 2 aromatic heterocycles. The van der Waals surface area contributed by atoms with Gasteiger partial charge in [0.05, 0.1) is 34.8 Å². The van der Waals surface area contributed by atoms with Crippen molar-refractivity contribution in [3.63, 3.8) is 0 Å². The molecule has 0 amide bonds. The Bertz CT molecular complexity index is 1220. The van der Waals surface area contributed by atoms with Crippen molar-refractivity contribution in [3.05, 3.63) is 59.9 Å². The molecule has 0 aliphatic heterocycles. The Balaban J connectivity index is 1.76. The molecule has 2 heterocycles. The number of hydrogen-bond acceptors (Lipinski definition) is 7. The van der Waals surface area contributed by atoms with Crippen LogP contribution in [0.25, 0.3) is 22.2 Å². The molecular weight excluding hydrogens is 394 g/mol. The summed E-state index contributed by atoms with van der Waals surface area (Å²) >= 11 is 1.38. The zero-order chi connectivity index (χ0) is 19.5. The van der Waals surface area contributed by atoms with Crippen LogP contribution in [0.15, 0.2) is 59.2 Å². The van der Waals surface area contributed by atoms with Gasteiger partial charge in [-0.15, -0.1) is 11.3 Å². The predicted molar refractivity (Wildman–Crippen MR) is 108 cm³/mol. The number of hydrogen-bond donors (Lipinski definition) is 1. The average Bonchev–Trinajstić information content (AvgIpc) is 3.25. The van der Waals surface area contributed by atoms with E-state index in [1.807, 2.05) is 11.4 Å². The van der Waals surface area contributed by atoms with E-state index in [0.29, 0.717) is 32.6 Å². The van der Waals surface area contributed by atoms with Crippen LogP contribution in [0.3, 0.4) is 0 Å². The summed E-state index contributed by atoms with van der Waals surface area (Å²) in [4.78, 5) is 13.4. The molecule has 0 saturated carbocycles. The predicted octanol–water partition coefficient (Wildman–Crippen LogP) is 3.77. The molecule has 0 aliphatic carbocycles. The summed E-state index contributed by atoms with van der Waals surface area (Å²) in [5, 5.41) is 12.3. The minimum atomic E-state index is -1.45. The van der Waals surface area contributed by atoms with Crippen LogP contribution in [-0.4, -0.2) is 26.3 Å². The van der Waals surface area contributed by atoms with E-state index in [2.05, 4.69) is 25.7 Å². The topological polar surface area (TPSA) is 101 Å². The van der Waals surface area contributed by atoms with Gasteiger partial charge >= 0.3 is 0 Å². The summed E-state index contributed by atoms with van der Waals surface area (Å²) in [5.41, 5.74) is 2.59. The number of rotatable bonds is 5. The first-order valence-electron chi connectivity index (χ1n) is 8.11. The Kier molecular flexibility index (Phi) is 4.97. The summed E-state index contributed by atoms with van der Waals surface area (Å²) in [6.45, 7) is 0. The van der Waals surface area contributed by atoms with Gasteiger partial charge in [0.2, 0.25) is 0 Å². The van der Waals surface area contributed by atoms with Crippen molar-refractivity contribution in [1.82, 2.24) is 15.0 Å². The minimum absolute atomic E-state index is 0.505. The first kappa shape index (κ1) is 18.0. The van der Waals surface area contributed by atoms with E-state index in [9.17, 15) is 4.21 Å². The Morgan fingerprint density at radius 3 is 2.82 bits per heavy atom. The fraction of sp³-hybridized carbons (Fsp3) is 0.0526. The standard InChI is InChI=1S/C19H13N5O2S2/c1-26-17-8-12(10-20)2-4-15(17)18-14-5-3-13(9-16(14)22-11-23-18)28(25)24-19-21-6-7-27-19/h2-9,11H,1H3,(H,21,24). The zero-order valence-electron chi connectivity index (χ0n) is 14.6. The van der Waals surface area contributed by atoms with Gasteiger partial charge < -0.3 is 4.74 Å². The molecule has 0 aliphatic rings. The summed E-state index contributed by atoms with van der Waals surface area (Å²) < 4.78 is 20.9.